The zero-order valence-electron chi connectivity index (χ0n) is 12.9. The van der Waals surface area contributed by atoms with Crippen molar-refractivity contribution in [2.75, 3.05) is 31.2 Å². The number of nitrogens with zero attached hydrogens (tertiary/aromatic N) is 2. The van der Waals surface area contributed by atoms with Gasteiger partial charge >= 0.3 is 0 Å². The van der Waals surface area contributed by atoms with Crippen LogP contribution >= 0.6 is 35.7 Å². The summed E-state index contributed by atoms with van der Waals surface area (Å²) in [6.45, 7) is 5.02. The summed E-state index contributed by atoms with van der Waals surface area (Å²) >= 11 is 2.01. The fourth-order valence-corrected chi connectivity index (χ4v) is 4.97. The molecule has 0 aromatic rings. The van der Waals surface area contributed by atoms with E-state index < -0.39 is 0 Å². The van der Waals surface area contributed by atoms with Gasteiger partial charge in [0, 0.05) is 36.6 Å². The number of aliphatic imine (C=N–C) groups is 1. The third-order valence-electron chi connectivity index (χ3n) is 5.27. The third kappa shape index (κ3) is 3.47. The minimum absolute atomic E-state index is 0. The summed E-state index contributed by atoms with van der Waals surface area (Å²) in [6, 6.07) is 0.399. The Balaban J connectivity index is 0.00000161. The van der Waals surface area contributed by atoms with Crippen molar-refractivity contribution in [1.29, 1.82) is 0 Å². The number of hydrogen-bond acceptors (Lipinski definition) is 3. The van der Waals surface area contributed by atoms with E-state index in [1.165, 1.54) is 37.2 Å². The number of ether oxygens (including phenoxy) is 1. The normalized spacial score (nSPS) is 31.9. The Bertz CT molecular complexity index is 368. The topological polar surface area (TPSA) is 50.9 Å². The molecule has 1 heterocycles. The first kappa shape index (κ1) is 17.7. The van der Waals surface area contributed by atoms with Crippen molar-refractivity contribution in [2.45, 2.75) is 51.2 Å². The van der Waals surface area contributed by atoms with Crippen molar-refractivity contribution in [2.24, 2.45) is 16.1 Å². The molecule has 0 aromatic carbocycles. The molecule has 2 unspecified atom stereocenters. The molecule has 2 atom stereocenters. The molecule has 2 N–H and O–H groups in total. The molecule has 0 radical (unpaired) electrons. The van der Waals surface area contributed by atoms with Gasteiger partial charge in [0.15, 0.2) is 5.96 Å². The average Bonchev–Trinajstić information content (AvgIpc) is 2.99. The minimum atomic E-state index is 0. The highest BCUT2D eigenvalue weighted by Gasteiger charge is 2.57. The summed E-state index contributed by atoms with van der Waals surface area (Å²) in [4.78, 5) is 7.16. The summed E-state index contributed by atoms with van der Waals surface area (Å²) in [5.74, 6) is 3.12. The molecule has 3 rings (SSSR count). The van der Waals surface area contributed by atoms with Crippen LogP contribution in [0.1, 0.15) is 39.0 Å². The van der Waals surface area contributed by atoms with Crippen LogP contribution in [0.15, 0.2) is 4.99 Å². The van der Waals surface area contributed by atoms with E-state index in [0.717, 1.165) is 32.1 Å². The highest BCUT2D eigenvalue weighted by Crippen LogP contribution is 2.56. The monoisotopic (exact) mass is 425 g/mol. The van der Waals surface area contributed by atoms with E-state index in [1.807, 2.05) is 11.8 Å². The van der Waals surface area contributed by atoms with Crippen LogP contribution < -0.4 is 5.73 Å². The lowest BCUT2D eigenvalue weighted by Gasteiger charge is -2.52. The van der Waals surface area contributed by atoms with Crippen molar-refractivity contribution in [3.63, 3.8) is 0 Å². The molecule has 1 spiro atoms. The van der Waals surface area contributed by atoms with Crippen molar-refractivity contribution in [3.05, 3.63) is 0 Å². The van der Waals surface area contributed by atoms with E-state index >= 15 is 0 Å². The maximum absolute atomic E-state index is 6.25. The maximum Gasteiger partial charge on any atom is 0.191 e. The van der Waals surface area contributed by atoms with Crippen molar-refractivity contribution in [3.8, 4) is 0 Å². The SMILES string of the molecule is CCOC1CC(N=C(N)N2CCSCC2)C12CCCC2.I. The van der Waals surface area contributed by atoms with E-state index in [9.17, 15) is 0 Å². The molecule has 1 saturated heterocycles. The van der Waals surface area contributed by atoms with Gasteiger partial charge in [-0.1, -0.05) is 12.8 Å². The fourth-order valence-electron chi connectivity index (χ4n) is 4.06. The second-order valence-electron chi connectivity index (χ2n) is 6.22. The van der Waals surface area contributed by atoms with Gasteiger partial charge in [-0.05, 0) is 26.2 Å². The number of guanidine groups is 1. The molecule has 0 amide bonds. The van der Waals surface area contributed by atoms with E-state index in [1.54, 1.807) is 0 Å². The summed E-state index contributed by atoms with van der Waals surface area (Å²) in [6.07, 6.45) is 6.70. The van der Waals surface area contributed by atoms with Crippen molar-refractivity contribution >= 4 is 41.7 Å². The largest absolute Gasteiger partial charge is 0.378 e. The molecule has 2 aliphatic carbocycles. The standard InChI is InChI=1S/C15H27N3OS.HI/c1-2-19-13-11-12(15(13)5-3-4-6-15)17-14(16)18-7-9-20-10-8-18;/h12-13H,2-11H2,1H3,(H2,16,17);1H. The molecule has 0 bridgehead atoms. The second kappa shape index (κ2) is 7.73. The summed E-state index contributed by atoms with van der Waals surface area (Å²) in [7, 11) is 0. The van der Waals surface area contributed by atoms with Crippen LogP contribution in [0.3, 0.4) is 0 Å². The molecule has 0 aromatic heterocycles. The molecule has 21 heavy (non-hydrogen) atoms. The summed E-state index contributed by atoms with van der Waals surface area (Å²) in [5.41, 5.74) is 6.57. The van der Waals surface area contributed by atoms with E-state index in [2.05, 4.69) is 11.8 Å². The van der Waals surface area contributed by atoms with Crippen LogP contribution in [0, 0.1) is 5.41 Å². The highest BCUT2D eigenvalue weighted by atomic mass is 127. The van der Waals surface area contributed by atoms with Gasteiger partial charge in [0.2, 0.25) is 0 Å². The van der Waals surface area contributed by atoms with Gasteiger partial charge in [0.25, 0.3) is 0 Å². The Morgan fingerprint density at radius 2 is 2.00 bits per heavy atom. The number of rotatable bonds is 3. The fraction of sp³-hybridized carbons (Fsp3) is 0.933. The zero-order chi connectivity index (χ0) is 14.0. The Morgan fingerprint density at radius 1 is 1.33 bits per heavy atom. The number of hydrogen-bond donors (Lipinski definition) is 1. The Kier molecular flexibility index (Phi) is 6.50. The van der Waals surface area contributed by atoms with Gasteiger partial charge < -0.3 is 15.4 Å². The Hall–Kier alpha value is 0.310. The minimum Gasteiger partial charge on any atom is -0.378 e. The first-order valence-corrected chi connectivity index (χ1v) is 9.19. The van der Waals surface area contributed by atoms with Gasteiger partial charge in [0.05, 0.1) is 12.1 Å². The molecular formula is C15H28IN3OS. The number of halogens is 1. The lowest BCUT2D eigenvalue weighted by atomic mass is 9.61. The molecule has 4 nitrogen and oxygen atoms in total. The maximum atomic E-state index is 6.25. The van der Waals surface area contributed by atoms with Gasteiger partial charge in [-0.15, -0.1) is 24.0 Å². The molecule has 122 valence electrons. The second-order valence-corrected chi connectivity index (χ2v) is 7.45. The Labute approximate surface area is 149 Å². The first-order valence-electron chi connectivity index (χ1n) is 8.04. The number of nitrogens with two attached hydrogens (primary N) is 1. The van der Waals surface area contributed by atoms with E-state index in [0.29, 0.717) is 17.6 Å². The molecule has 1 aliphatic heterocycles. The molecule has 3 fully saturated rings. The van der Waals surface area contributed by atoms with Gasteiger partial charge in [-0.2, -0.15) is 11.8 Å². The van der Waals surface area contributed by atoms with Gasteiger partial charge in [-0.25, -0.2) is 4.99 Å². The molecule has 6 heteroatoms. The lowest BCUT2D eigenvalue weighted by Crippen LogP contribution is -2.57. The zero-order valence-corrected chi connectivity index (χ0v) is 16.1. The predicted octanol–water partition coefficient (Wildman–Crippen LogP) is 2.71. The predicted molar refractivity (Wildman–Crippen MR) is 101 cm³/mol. The van der Waals surface area contributed by atoms with E-state index in [4.69, 9.17) is 15.5 Å². The van der Waals surface area contributed by atoms with Crippen molar-refractivity contribution in [1.82, 2.24) is 4.90 Å². The van der Waals surface area contributed by atoms with Crippen LogP contribution in [0.25, 0.3) is 0 Å². The van der Waals surface area contributed by atoms with Gasteiger partial charge in [0.1, 0.15) is 0 Å². The van der Waals surface area contributed by atoms with Crippen molar-refractivity contribution < 1.29 is 4.74 Å². The van der Waals surface area contributed by atoms with Crippen LogP contribution in [0.5, 0.6) is 0 Å². The van der Waals surface area contributed by atoms with E-state index in [-0.39, 0.29) is 24.0 Å². The third-order valence-corrected chi connectivity index (χ3v) is 6.21. The van der Waals surface area contributed by atoms with Gasteiger partial charge in [-0.3, -0.25) is 0 Å². The Morgan fingerprint density at radius 3 is 2.62 bits per heavy atom. The quantitative estimate of drug-likeness (QED) is 0.429. The summed E-state index contributed by atoms with van der Waals surface area (Å²) < 4.78 is 5.95. The van der Waals surface area contributed by atoms with Crippen LogP contribution in [0.4, 0.5) is 0 Å². The van der Waals surface area contributed by atoms with Crippen LogP contribution in [-0.4, -0.2) is 54.2 Å². The smallest absolute Gasteiger partial charge is 0.191 e. The summed E-state index contributed by atoms with van der Waals surface area (Å²) in [5, 5.41) is 0. The van der Waals surface area contributed by atoms with Crippen LogP contribution in [-0.2, 0) is 4.74 Å². The first-order chi connectivity index (χ1) is 9.76. The molecule has 2 saturated carbocycles. The average molecular weight is 425 g/mol. The molecule has 3 aliphatic rings. The van der Waals surface area contributed by atoms with Crippen LogP contribution in [0.2, 0.25) is 0 Å². The lowest BCUT2D eigenvalue weighted by molar-refractivity contribution is -0.119. The number of thioether (sulfide) groups is 1. The molecular weight excluding hydrogens is 397 g/mol. The highest BCUT2D eigenvalue weighted by molar-refractivity contribution is 14.0.